The number of pyridine rings is 1. The molecule has 3 nitrogen and oxygen atoms in total. The molecule has 1 aromatic heterocycles. The maximum Gasteiger partial charge on any atom is 0.156 e. The van der Waals surface area contributed by atoms with Crippen molar-refractivity contribution in [3.63, 3.8) is 0 Å². The third-order valence-corrected chi connectivity index (χ3v) is 4.63. The third kappa shape index (κ3) is 3.58. The zero-order chi connectivity index (χ0) is 14.6. The molecule has 0 aromatic carbocycles. The lowest BCUT2D eigenvalue weighted by atomic mass is 9.91. The minimum atomic E-state index is -0.420. The molecule has 20 heavy (non-hydrogen) atoms. The van der Waals surface area contributed by atoms with E-state index >= 15 is 0 Å². The van der Waals surface area contributed by atoms with E-state index in [0.29, 0.717) is 11.4 Å². The fraction of sp³-hybridized carbons (Fsp3) is 0.625. The van der Waals surface area contributed by atoms with Gasteiger partial charge in [0.25, 0.3) is 0 Å². The Bertz CT molecular complexity index is 465. The van der Waals surface area contributed by atoms with E-state index < -0.39 is 5.54 Å². The Morgan fingerprint density at radius 2 is 1.95 bits per heavy atom. The van der Waals surface area contributed by atoms with Crippen LogP contribution >= 0.6 is 11.6 Å². The highest BCUT2D eigenvalue weighted by molar-refractivity contribution is 6.31. The summed E-state index contributed by atoms with van der Waals surface area (Å²) in [6.07, 6.45) is 8.59. The van der Waals surface area contributed by atoms with Crippen LogP contribution in [0.25, 0.3) is 0 Å². The third-order valence-electron chi connectivity index (χ3n) is 4.29. The molecule has 1 aromatic rings. The van der Waals surface area contributed by atoms with Gasteiger partial charge >= 0.3 is 0 Å². The number of nitrogens with zero attached hydrogens (tertiary/aromatic N) is 2. The van der Waals surface area contributed by atoms with Crippen LogP contribution in [0.3, 0.4) is 0 Å². The number of hydrogen-bond donors (Lipinski definition) is 0. The molecule has 1 aliphatic heterocycles. The maximum atomic E-state index is 12.7. The summed E-state index contributed by atoms with van der Waals surface area (Å²) >= 11 is 6.10. The van der Waals surface area contributed by atoms with Gasteiger partial charge in [0.1, 0.15) is 0 Å². The van der Waals surface area contributed by atoms with Crippen LogP contribution in [0.5, 0.6) is 0 Å². The molecule has 0 aliphatic carbocycles. The number of carbonyl (C=O) groups is 1. The second-order valence-electron chi connectivity index (χ2n) is 6.03. The molecule has 0 bridgehead atoms. The van der Waals surface area contributed by atoms with Crippen molar-refractivity contribution in [3.8, 4) is 0 Å². The highest BCUT2D eigenvalue weighted by Crippen LogP contribution is 2.24. The SMILES string of the molecule is CC(C)(C(=O)Cc1ccncc1Cl)N1CCCCCC1. The normalized spacial score (nSPS) is 17.8. The van der Waals surface area contributed by atoms with Crippen LogP contribution in [-0.4, -0.2) is 34.3 Å². The van der Waals surface area contributed by atoms with E-state index in [0.717, 1.165) is 18.7 Å². The second-order valence-corrected chi connectivity index (χ2v) is 6.43. The summed E-state index contributed by atoms with van der Waals surface area (Å²) in [6, 6.07) is 1.83. The standard InChI is InChI=1S/C16H23ClN2O/c1-16(2,19-9-5-3-4-6-10-19)15(20)11-13-7-8-18-12-14(13)17/h7-8,12H,3-6,9-11H2,1-2H3. The van der Waals surface area contributed by atoms with E-state index in [1.54, 1.807) is 12.4 Å². The molecule has 1 fully saturated rings. The van der Waals surface area contributed by atoms with Crippen LogP contribution in [0.1, 0.15) is 45.1 Å². The number of hydrogen-bond acceptors (Lipinski definition) is 3. The Morgan fingerprint density at radius 1 is 1.30 bits per heavy atom. The van der Waals surface area contributed by atoms with E-state index in [2.05, 4.69) is 9.88 Å². The summed E-state index contributed by atoms with van der Waals surface area (Å²) < 4.78 is 0. The molecule has 1 saturated heterocycles. The molecule has 2 heterocycles. The van der Waals surface area contributed by atoms with Crippen molar-refractivity contribution in [2.75, 3.05) is 13.1 Å². The van der Waals surface area contributed by atoms with Gasteiger partial charge in [-0.05, 0) is 51.4 Å². The van der Waals surface area contributed by atoms with Gasteiger partial charge in [0, 0.05) is 18.8 Å². The van der Waals surface area contributed by atoms with Crippen LogP contribution < -0.4 is 0 Å². The molecule has 0 atom stereocenters. The summed E-state index contributed by atoms with van der Waals surface area (Å²) in [4.78, 5) is 19.0. The molecule has 0 radical (unpaired) electrons. The zero-order valence-electron chi connectivity index (χ0n) is 12.4. The van der Waals surface area contributed by atoms with Crippen LogP contribution in [0, 0.1) is 0 Å². The highest BCUT2D eigenvalue weighted by Gasteiger charge is 2.34. The number of aromatic nitrogens is 1. The summed E-state index contributed by atoms with van der Waals surface area (Å²) in [5.41, 5.74) is 0.450. The minimum absolute atomic E-state index is 0.229. The Morgan fingerprint density at radius 3 is 2.55 bits per heavy atom. The lowest BCUT2D eigenvalue weighted by Gasteiger charge is -2.36. The average Bonchev–Trinajstić information content (AvgIpc) is 2.70. The Hall–Kier alpha value is -0.930. The van der Waals surface area contributed by atoms with Crippen molar-refractivity contribution in [1.29, 1.82) is 0 Å². The first-order valence-corrected chi connectivity index (χ1v) is 7.76. The Labute approximate surface area is 126 Å². The van der Waals surface area contributed by atoms with E-state index in [1.807, 2.05) is 19.9 Å². The predicted octanol–water partition coefficient (Wildman–Crippen LogP) is 3.50. The lowest BCUT2D eigenvalue weighted by molar-refractivity contribution is -0.128. The van der Waals surface area contributed by atoms with Crippen LogP contribution in [0.4, 0.5) is 0 Å². The van der Waals surface area contributed by atoms with Gasteiger partial charge in [-0.3, -0.25) is 14.7 Å². The predicted molar refractivity (Wildman–Crippen MR) is 82.1 cm³/mol. The number of Topliss-reactive ketones (excluding diaryl/α,β-unsaturated/α-hetero) is 1. The first-order chi connectivity index (χ1) is 9.51. The molecular formula is C16H23ClN2O. The van der Waals surface area contributed by atoms with Gasteiger partial charge in [-0.1, -0.05) is 24.4 Å². The molecule has 110 valence electrons. The largest absolute Gasteiger partial charge is 0.297 e. The van der Waals surface area contributed by atoms with Crippen LogP contribution in [0.2, 0.25) is 5.02 Å². The van der Waals surface area contributed by atoms with E-state index in [-0.39, 0.29) is 5.78 Å². The molecule has 0 spiro atoms. The van der Waals surface area contributed by atoms with Gasteiger partial charge in [-0.2, -0.15) is 0 Å². The molecule has 4 heteroatoms. The molecule has 0 N–H and O–H groups in total. The summed E-state index contributed by atoms with van der Waals surface area (Å²) in [5, 5.41) is 0.576. The van der Waals surface area contributed by atoms with Gasteiger partial charge in [-0.15, -0.1) is 0 Å². The minimum Gasteiger partial charge on any atom is -0.297 e. The second kappa shape index (κ2) is 6.68. The molecule has 0 amide bonds. The van der Waals surface area contributed by atoms with Crippen LogP contribution in [-0.2, 0) is 11.2 Å². The monoisotopic (exact) mass is 294 g/mol. The molecule has 1 aliphatic rings. The first-order valence-electron chi connectivity index (χ1n) is 7.38. The summed E-state index contributed by atoms with van der Waals surface area (Å²) in [5.74, 6) is 0.229. The Balaban J connectivity index is 2.08. The number of likely N-dealkylation sites (tertiary alicyclic amines) is 1. The number of rotatable bonds is 4. The van der Waals surface area contributed by atoms with Gasteiger partial charge in [0.05, 0.1) is 10.6 Å². The smallest absolute Gasteiger partial charge is 0.156 e. The first kappa shape index (κ1) is 15.5. The summed E-state index contributed by atoms with van der Waals surface area (Å²) in [6.45, 7) is 6.11. The molecule has 2 rings (SSSR count). The lowest BCUT2D eigenvalue weighted by Crippen LogP contribution is -2.51. The van der Waals surface area contributed by atoms with Crippen molar-refractivity contribution in [3.05, 3.63) is 29.0 Å². The van der Waals surface area contributed by atoms with E-state index in [1.165, 1.54) is 25.7 Å². The summed E-state index contributed by atoms with van der Waals surface area (Å²) in [7, 11) is 0. The van der Waals surface area contributed by atoms with Gasteiger partial charge in [0.2, 0.25) is 0 Å². The van der Waals surface area contributed by atoms with E-state index in [9.17, 15) is 4.79 Å². The van der Waals surface area contributed by atoms with Crippen LogP contribution in [0.15, 0.2) is 18.5 Å². The average molecular weight is 295 g/mol. The topological polar surface area (TPSA) is 33.2 Å². The molecule has 0 unspecified atom stereocenters. The van der Waals surface area contributed by atoms with Crippen molar-refractivity contribution >= 4 is 17.4 Å². The molecule has 0 saturated carbocycles. The quantitative estimate of drug-likeness (QED) is 0.852. The van der Waals surface area contributed by atoms with Crippen molar-refractivity contribution < 1.29 is 4.79 Å². The van der Waals surface area contributed by atoms with Gasteiger partial charge in [-0.25, -0.2) is 0 Å². The fourth-order valence-electron chi connectivity index (χ4n) is 2.74. The number of carbonyl (C=O) groups excluding carboxylic acids is 1. The van der Waals surface area contributed by atoms with Crippen molar-refractivity contribution in [1.82, 2.24) is 9.88 Å². The maximum absolute atomic E-state index is 12.7. The highest BCUT2D eigenvalue weighted by atomic mass is 35.5. The zero-order valence-corrected chi connectivity index (χ0v) is 13.1. The van der Waals surface area contributed by atoms with E-state index in [4.69, 9.17) is 11.6 Å². The number of ketones is 1. The fourth-order valence-corrected chi connectivity index (χ4v) is 2.93. The van der Waals surface area contributed by atoms with Crippen molar-refractivity contribution in [2.45, 2.75) is 51.5 Å². The van der Waals surface area contributed by atoms with Gasteiger partial charge < -0.3 is 0 Å². The van der Waals surface area contributed by atoms with Gasteiger partial charge in [0.15, 0.2) is 5.78 Å². The molecular weight excluding hydrogens is 272 g/mol. The number of halogens is 1. The van der Waals surface area contributed by atoms with Crippen molar-refractivity contribution in [2.24, 2.45) is 0 Å². The Kier molecular flexibility index (Phi) is 5.17.